The van der Waals surface area contributed by atoms with Crippen LogP contribution in [0.4, 0.5) is 9.52 Å². The highest BCUT2D eigenvalue weighted by atomic mass is 79.9. The summed E-state index contributed by atoms with van der Waals surface area (Å²) in [7, 11) is 0. The van der Waals surface area contributed by atoms with Gasteiger partial charge in [0.2, 0.25) is 0 Å². The number of hydrogen-bond donors (Lipinski definition) is 1. The summed E-state index contributed by atoms with van der Waals surface area (Å²) in [5.74, 6) is -2.40. The van der Waals surface area contributed by atoms with Gasteiger partial charge in [-0.25, -0.2) is 9.37 Å². The normalized spacial score (nSPS) is 17.8. The van der Waals surface area contributed by atoms with Crippen LogP contribution in [-0.4, -0.2) is 21.8 Å². The molecule has 1 fully saturated rings. The highest BCUT2D eigenvalue weighted by molar-refractivity contribution is 9.10. The van der Waals surface area contributed by atoms with Gasteiger partial charge in [-0.1, -0.05) is 51.0 Å². The van der Waals surface area contributed by atoms with Crippen molar-refractivity contribution < 1.29 is 19.1 Å². The minimum Gasteiger partial charge on any atom is -0.507 e. The molecule has 1 atom stereocenters. The maximum Gasteiger partial charge on any atom is 0.301 e. The molecular formula is C24H13BrClFN2O3S. The first-order chi connectivity index (χ1) is 15.8. The number of aliphatic hydroxyl groups excluding tert-OH is 1. The molecule has 2 heterocycles. The number of benzene rings is 3. The number of hydrogen-bond acceptors (Lipinski definition) is 5. The van der Waals surface area contributed by atoms with Gasteiger partial charge in [-0.3, -0.25) is 14.5 Å². The van der Waals surface area contributed by atoms with Gasteiger partial charge < -0.3 is 5.11 Å². The Hall–Kier alpha value is -3.07. The first kappa shape index (κ1) is 21.8. The lowest BCUT2D eigenvalue weighted by molar-refractivity contribution is -0.132. The lowest BCUT2D eigenvalue weighted by atomic mass is 9.95. The van der Waals surface area contributed by atoms with E-state index < -0.39 is 23.5 Å². The van der Waals surface area contributed by atoms with E-state index in [1.165, 1.54) is 23.1 Å². The van der Waals surface area contributed by atoms with Crippen molar-refractivity contribution in [1.29, 1.82) is 0 Å². The van der Waals surface area contributed by atoms with Gasteiger partial charge in [0.15, 0.2) is 5.13 Å². The molecule has 3 aromatic carbocycles. The predicted molar refractivity (Wildman–Crippen MR) is 130 cm³/mol. The quantitative estimate of drug-likeness (QED) is 0.182. The zero-order valence-corrected chi connectivity index (χ0v) is 19.8. The van der Waals surface area contributed by atoms with Crippen molar-refractivity contribution in [2.75, 3.05) is 4.90 Å². The van der Waals surface area contributed by atoms with E-state index in [0.29, 0.717) is 26.4 Å². The molecular weight excluding hydrogens is 531 g/mol. The van der Waals surface area contributed by atoms with Gasteiger partial charge in [0.25, 0.3) is 5.78 Å². The third-order valence-electron chi connectivity index (χ3n) is 5.27. The van der Waals surface area contributed by atoms with Crippen LogP contribution in [-0.2, 0) is 9.59 Å². The largest absolute Gasteiger partial charge is 0.507 e. The van der Waals surface area contributed by atoms with E-state index >= 15 is 0 Å². The van der Waals surface area contributed by atoms with Crippen molar-refractivity contribution in [3.63, 3.8) is 0 Å². The SMILES string of the molecule is O=C1C(=O)N(c2nc3ccc(F)cc3s2)C(c2cccc(Br)c2)C1=C(O)c1ccc(Cl)cc1. The molecule has 0 aliphatic carbocycles. The number of aliphatic hydroxyl groups is 1. The summed E-state index contributed by atoms with van der Waals surface area (Å²) in [6, 6.07) is 16.6. The number of halogens is 3. The number of carbonyl (C=O) groups excluding carboxylic acids is 2. The van der Waals surface area contributed by atoms with Gasteiger partial charge in [-0.15, -0.1) is 0 Å². The third-order valence-corrected chi connectivity index (χ3v) is 7.03. The van der Waals surface area contributed by atoms with Crippen molar-refractivity contribution in [3.8, 4) is 0 Å². The zero-order valence-electron chi connectivity index (χ0n) is 16.6. The summed E-state index contributed by atoms with van der Waals surface area (Å²) in [5, 5.41) is 11.8. The molecule has 0 saturated carbocycles. The second-order valence-electron chi connectivity index (χ2n) is 7.34. The summed E-state index contributed by atoms with van der Waals surface area (Å²) in [6.45, 7) is 0. The van der Waals surface area contributed by atoms with E-state index in [2.05, 4.69) is 20.9 Å². The number of amides is 1. The Kier molecular flexibility index (Phi) is 5.52. The summed E-state index contributed by atoms with van der Waals surface area (Å²) in [4.78, 5) is 32.1. The molecule has 1 saturated heterocycles. The third kappa shape index (κ3) is 3.84. The molecule has 33 heavy (non-hydrogen) atoms. The Morgan fingerprint density at radius 1 is 1.09 bits per heavy atom. The van der Waals surface area contributed by atoms with E-state index in [-0.39, 0.29) is 16.5 Å². The smallest absolute Gasteiger partial charge is 0.301 e. The van der Waals surface area contributed by atoms with Crippen LogP contribution < -0.4 is 4.90 Å². The van der Waals surface area contributed by atoms with Gasteiger partial charge >= 0.3 is 5.91 Å². The van der Waals surface area contributed by atoms with Gasteiger partial charge in [-0.05, 0) is 60.2 Å². The predicted octanol–water partition coefficient (Wildman–Crippen LogP) is 6.48. The molecule has 1 N–H and O–H groups in total. The molecule has 164 valence electrons. The Bertz CT molecular complexity index is 1470. The van der Waals surface area contributed by atoms with Crippen molar-refractivity contribution in [3.05, 3.63) is 98.7 Å². The van der Waals surface area contributed by atoms with Crippen LogP contribution in [0.1, 0.15) is 17.2 Å². The number of aromatic nitrogens is 1. The summed E-state index contributed by atoms with van der Waals surface area (Å²) < 4.78 is 15.0. The molecule has 1 unspecified atom stereocenters. The molecule has 1 aromatic heterocycles. The van der Waals surface area contributed by atoms with Crippen LogP contribution in [0.3, 0.4) is 0 Å². The number of fused-ring (bicyclic) bond motifs is 1. The number of carbonyl (C=O) groups is 2. The summed E-state index contributed by atoms with van der Waals surface area (Å²) in [6.07, 6.45) is 0. The van der Waals surface area contributed by atoms with E-state index in [1.807, 2.05) is 6.07 Å². The van der Waals surface area contributed by atoms with Crippen LogP contribution in [0, 0.1) is 5.82 Å². The van der Waals surface area contributed by atoms with Gasteiger partial charge in [0, 0.05) is 15.1 Å². The molecule has 1 aliphatic heterocycles. The number of ketones is 1. The van der Waals surface area contributed by atoms with Crippen LogP contribution in [0.15, 0.2) is 76.8 Å². The van der Waals surface area contributed by atoms with E-state index in [9.17, 15) is 19.1 Å². The van der Waals surface area contributed by atoms with E-state index in [4.69, 9.17) is 11.6 Å². The van der Waals surface area contributed by atoms with Crippen molar-refractivity contribution in [1.82, 2.24) is 4.98 Å². The number of rotatable bonds is 3. The van der Waals surface area contributed by atoms with Crippen molar-refractivity contribution in [2.24, 2.45) is 0 Å². The average molecular weight is 544 g/mol. The van der Waals surface area contributed by atoms with Crippen molar-refractivity contribution in [2.45, 2.75) is 6.04 Å². The fraction of sp³-hybridized carbons (Fsp3) is 0.0417. The Morgan fingerprint density at radius 2 is 1.85 bits per heavy atom. The molecule has 0 radical (unpaired) electrons. The van der Waals surface area contributed by atoms with Crippen LogP contribution in [0.2, 0.25) is 5.02 Å². The monoisotopic (exact) mass is 542 g/mol. The molecule has 0 bridgehead atoms. The second-order valence-corrected chi connectivity index (χ2v) is 9.70. The highest BCUT2D eigenvalue weighted by Gasteiger charge is 2.48. The minimum atomic E-state index is -0.927. The molecule has 1 aliphatic rings. The molecule has 5 rings (SSSR count). The van der Waals surface area contributed by atoms with Crippen LogP contribution >= 0.6 is 38.9 Å². The Labute approximate surface area is 204 Å². The Balaban J connectivity index is 1.74. The van der Waals surface area contributed by atoms with Gasteiger partial charge in [0.05, 0.1) is 21.8 Å². The standard InChI is InChI=1S/C24H13BrClFN2O3S/c25-14-3-1-2-13(10-14)20-19(21(30)12-4-6-15(26)7-5-12)22(31)23(32)29(20)24-28-17-9-8-16(27)11-18(17)33-24/h1-11,20,30H. The minimum absolute atomic E-state index is 0.0640. The van der Waals surface area contributed by atoms with Crippen LogP contribution in [0.25, 0.3) is 16.0 Å². The van der Waals surface area contributed by atoms with Gasteiger partial charge in [-0.2, -0.15) is 0 Å². The molecule has 5 nitrogen and oxygen atoms in total. The second kappa shape index (κ2) is 8.37. The van der Waals surface area contributed by atoms with E-state index in [1.54, 1.807) is 42.5 Å². The summed E-state index contributed by atoms with van der Waals surface area (Å²) in [5.41, 5.74) is 1.39. The topological polar surface area (TPSA) is 70.5 Å². The maximum atomic E-state index is 13.7. The zero-order chi connectivity index (χ0) is 23.3. The number of nitrogens with zero attached hydrogens (tertiary/aromatic N) is 2. The number of anilines is 1. The first-order valence-corrected chi connectivity index (χ1v) is 11.7. The summed E-state index contributed by atoms with van der Waals surface area (Å²) >= 11 is 10.5. The highest BCUT2D eigenvalue weighted by Crippen LogP contribution is 2.44. The van der Waals surface area contributed by atoms with E-state index in [0.717, 1.165) is 15.8 Å². The molecule has 0 spiro atoms. The van der Waals surface area contributed by atoms with Crippen LogP contribution in [0.5, 0.6) is 0 Å². The van der Waals surface area contributed by atoms with Gasteiger partial charge in [0.1, 0.15) is 11.6 Å². The molecule has 1 amide bonds. The molecule has 4 aromatic rings. The maximum absolute atomic E-state index is 13.7. The molecule has 9 heteroatoms. The fourth-order valence-electron chi connectivity index (χ4n) is 3.77. The lowest BCUT2D eigenvalue weighted by Gasteiger charge is -2.23. The number of thiazole rings is 1. The average Bonchev–Trinajstić information content (AvgIpc) is 3.32. The number of Topliss-reactive ketones (excluding diaryl/α,β-unsaturated/α-hetero) is 1. The fourth-order valence-corrected chi connectivity index (χ4v) is 5.33. The first-order valence-electron chi connectivity index (χ1n) is 9.72. The van der Waals surface area contributed by atoms with Crippen molar-refractivity contribution >= 4 is 71.7 Å². The Morgan fingerprint density at radius 3 is 2.58 bits per heavy atom. The lowest BCUT2D eigenvalue weighted by Crippen LogP contribution is -2.29.